The zero-order chi connectivity index (χ0) is 10.6. The Morgan fingerprint density at radius 1 is 1.53 bits per heavy atom. The quantitative estimate of drug-likeness (QED) is 0.773. The van der Waals surface area contributed by atoms with Crippen molar-refractivity contribution < 1.29 is 4.79 Å². The van der Waals surface area contributed by atoms with Crippen molar-refractivity contribution in [3.63, 3.8) is 0 Å². The summed E-state index contributed by atoms with van der Waals surface area (Å²) in [5.74, 6) is 0.392. The Balaban J connectivity index is 2.01. The van der Waals surface area contributed by atoms with E-state index < -0.39 is 0 Å². The van der Waals surface area contributed by atoms with Crippen LogP contribution in [0.5, 0.6) is 0 Å². The molecule has 78 valence electrons. The van der Waals surface area contributed by atoms with Gasteiger partial charge < -0.3 is 5.32 Å². The number of amides is 1. The van der Waals surface area contributed by atoms with E-state index in [-0.39, 0.29) is 17.2 Å². The van der Waals surface area contributed by atoms with Crippen LogP contribution in [-0.4, -0.2) is 12.5 Å². The van der Waals surface area contributed by atoms with Gasteiger partial charge in [-0.2, -0.15) is 0 Å². The van der Waals surface area contributed by atoms with Gasteiger partial charge in [-0.25, -0.2) is 0 Å². The van der Waals surface area contributed by atoms with Gasteiger partial charge in [-0.3, -0.25) is 4.79 Å². The van der Waals surface area contributed by atoms with Crippen LogP contribution < -0.4 is 5.32 Å². The molecule has 0 bridgehead atoms. The van der Waals surface area contributed by atoms with Gasteiger partial charge in [0.05, 0.1) is 5.92 Å². The van der Waals surface area contributed by atoms with E-state index in [0.29, 0.717) is 0 Å². The lowest BCUT2D eigenvalue weighted by molar-refractivity contribution is -0.120. The average molecular weight is 222 g/mol. The van der Waals surface area contributed by atoms with Crippen LogP contribution in [0.25, 0.3) is 0 Å². The first-order valence-corrected chi connectivity index (χ1v) is 5.56. The molecule has 2 atom stereocenters. The number of nitrogens with one attached hydrogen (secondary N) is 1. The Bertz CT molecular complexity index is 457. The van der Waals surface area contributed by atoms with Crippen molar-refractivity contribution in [2.45, 2.75) is 18.8 Å². The molecule has 2 aliphatic rings. The molecular formula is C12H12ClNO. The summed E-state index contributed by atoms with van der Waals surface area (Å²) in [6.45, 7) is 2.77. The van der Waals surface area contributed by atoms with Gasteiger partial charge in [0, 0.05) is 17.0 Å². The summed E-state index contributed by atoms with van der Waals surface area (Å²) in [6.07, 6.45) is 0.984. The van der Waals surface area contributed by atoms with E-state index in [9.17, 15) is 4.79 Å². The summed E-state index contributed by atoms with van der Waals surface area (Å²) in [4.78, 5) is 11.4. The molecule has 1 saturated carbocycles. The minimum atomic E-state index is 0.0639. The van der Waals surface area contributed by atoms with Gasteiger partial charge in [0.2, 0.25) is 5.91 Å². The monoisotopic (exact) mass is 221 g/mol. The molecule has 3 rings (SSSR count). The number of benzene rings is 1. The Morgan fingerprint density at radius 3 is 2.87 bits per heavy atom. The van der Waals surface area contributed by atoms with Crippen LogP contribution in [0.4, 0.5) is 0 Å². The van der Waals surface area contributed by atoms with E-state index in [1.54, 1.807) is 0 Å². The number of aryl methyl sites for hydroxylation is 1. The summed E-state index contributed by atoms with van der Waals surface area (Å²) >= 11 is 6.10. The number of piperidine rings is 1. The van der Waals surface area contributed by atoms with Gasteiger partial charge in [-0.1, -0.05) is 23.7 Å². The van der Waals surface area contributed by atoms with Crippen LogP contribution in [-0.2, 0) is 10.2 Å². The molecule has 2 fully saturated rings. The lowest BCUT2D eigenvalue weighted by atomic mass is 9.94. The highest BCUT2D eigenvalue weighted by molar-refractivity contribution is 6.31. The second-order valence-corrected chi connectivity index (χ2v) is 5.00. The lowest BCUT2D eigenvalue weighted by Crippen LogP contribution is -2.22. The summed E-state index contributed by atoms with van der Waals surface area (Å²) in [7, 11) is 0. The van der Waals surface area contributed by atoms with Crippen molar-refractivity contribution in [2.75, 3.05) is 6.54 Å². The van der Waals surface area contributed by atoms with Gasteiger partial charge in [0.1, 0.15) is 0 Å². The van der Waals surface area contributed by atoms with Crippen molar-refractivity contribution in [1.82, 2.24) is 5.32 Å². The maximum absolute atomic E-state index is 11.4. The Labute approximate surface area is 93.6 Å². The third kappa shape index (κ3) is 1.14. The molecule has 1 amide bonds. The van der Waals surface area contributed by atoms with Crippen molar-refractivity contribution in [3.05, 3.63) is 34.3 Å². The minimum absolute atomic E-state index is 0.0639. The van der Waals surface area contributed by atoms with Gasteiger partial charge in [-0.05, 0) is 30.5 Å². The van der Waals surface area contributed by atoms with Gasteiger partial charge in [0.25, 0.3) is 0 Å². The van der Waals surface area contributed by atoms with E-state index in [4.69, 9.17) is 11.6 Å². The molecule has 1 unspecified atom stereocenters. The van der Waals surface area contributed by atoms with Crippen LogP contribution in [0.2, 0.25) is 5.02 Å². The second kappa shape index (κ2) is 2.76. The molecule has 0 aromatic heterocycles. The normalized spacial score (nSPS) is 32.4. The number of rotatable bonds is 1. The first kappa shape index (κ1) is 9.22. The highest BCUT2D eigenvalue weighted by atomic mass is 35.5. The van der Waals surface area contributed by atoms with E-state index in [0.717, 1.165) is 23.6 Å². The third-order valence-corrected chi connectivity index (χ3v) is 4.12. The van der Waals surface area contributed by atoms with E-state index >= 15 is 0 Å². The molecule has 1 aromatic rings. The maximum atomic E-state index is 11.4. The predicted octanol–water partition coefficient (Wildman–Crippen LogP) is 2.04. The van der Waals surface area contributed by atoms with Crippen molar-refractivity contribution in [1.29, 1.82) is 0 Å². The fourth-order valence-corrected chi connectivity index (χ4v) is 2.72. The molecule has 3 heteroatoms. The average Bonchev–Trinajstić information content (AvgIpc) is 2.88. The molecule has 1 N–H and O–H groups in total. The number of halogens is 1. The van der Waals surface area contributed by atoms with E-state index in [2.05, 4.69) is 11.4 Å². The third-order valence-electron chi connectivity index (χ3n) is 3.72. The van der Waals surface area contributed by atoms with Crippen LogP contribution in [0, 0.1) is 12.8 Å². The zero-order valence-electron chi connectivity index (χ0n) is 8.51. The standard InChI is InChI=1S/C12H12ClNO/c1-7-2-3-8(4-10(7)13)12-5-9(12)11(15)14-6-12/h2-4,9H,5-6H2,1H3,(H,14,15)/t9?,12-/m0/s1. The Morgan fingerprint density at radius 2 is 2.33 bits per heavy atom. The number of carbonyl (C=O) groups is 1. The van der Waals surface area contributed by atoms with Crippen molar-refractivity contribution in [2.24, 2.45) is 5.92 Å². The van der Waals surface area contributed by atoms with Crippen LogP contribution in [0.1, 0.15) is 17.5 Å². The topological polar surface area (TPSA) is 29.1 Å². The second-order valence-electron chi connectivity index (χ2n) is 4.59. The number of hydrogen-bond acceptors (Lipinski definition) is 1. The van der Waals surface area contributed by atoms with Crippen molar-refractivity contribution >= 4 is 17.5 Å². The largest absolute Gasteiger partial charge is 0.355 e. The number of hydrogen-bond donors (Lipinski definition) is 1. The summed E-state index contributed by atoms with van der Waals surface area (Å²) in [5, 5.41) is 3.71. The fraction of sp³-hybridized carbons (Fsp3) is 0.417. The lowest BCUT2D eigenvalue weighted by Gasteiger charge is -2.12. The van der Waals surface area contributed by atoms with Crippen LogP contribution in [0.15, 0.2) is 18.2 Å². The number of carbonyl (C=O) groups excluding carboxylic acids is 1. The smallest absolute Gasteiger partial charge is 0.224 e. The molecule has 1 saturated heterocycles. The van der Waals surface area contributed by atoms with Crippen LogP contribution in [0.3, 0.4) is 0 Å². The molecule has 1 heterocycles. The predicted molar refractivity (Wildman–Crippen MR) is 59.0 cm³/mol. The maximum Gasteiger partial charge on any atom is 0.224 e. The van der Waals surface area contributed by atoms with E-state index in [1.807, 2.05) is 19.1 Å². The molecule has 2 nitrogen and oxygen atoms in total. The summed E-state index contributed by atoms with van der Waals surface area (Å²) in [6, 6.07) is 6.14. The summed E-state index contributed by atoms with van der Waals surface area (Å²) in [5.41, 5.74) is 2.36. The summed E-state index contributed by atoms with van der Waals surface area (Å²) < 4.78 is 0. The molecule has 0 radical (unpaired) electrons. The van der Waals surface area contributed by atoms with Crippen LogP contribution >= 0.6 is 11.6 Å². The minimum Gasteiger partial charge on any atom is -0.355 e. The molecule has 15 heavy (non-hydrogen) atoms. The highest BCUT2D eigenvalue weighted by Gasteiger charge is 2.63. The molecular weight excluding hydrogens is 210 g/mol. The van der Waals surface area contributed by atoms with E-state index in [1.165, 1.54) is 5.56 Å². The fourth-order valence-electron chi connectivity index (χ4n) is 2.54. The van der Waals surface area contributed by atoms with Gasteiger partial charge in [-0.15, -0.1) is 0 Å². The molecule has 1 aliphatic heterocycles. The Hall–Kier alpha value is -1.02. The van der Waals surface area contributed by atoms with Crippen molar-refractivity contribution in [3.8, 4) is 0 Å². The SMILES string of the molecule is Cc1ccc([C@]23CNC(=O)C2C3)cc1Cl. The zero-order valence-corrected chi connectivity index (χ0v) is 9.27. The highest BCUT2D eigenvalue weighted by Crippen LogP contribution is 2.57. The van der Waals surface area contributed by atoms with Gasteiger partial charge >= 0.3 is 0 Å². The van der Waals surface area contributed by atoms with Gasteiger partial charge in [0.15, 0.2) is 0 Å². The molecule has 0 spiro atoms. The molecule has 1 aliphatic carbocycles. The number of fused-ring (bicyclic) bond motifs is 1. The first-order chi connectivity index (χ1) is 7.13. The first-order valence-electron chi connectivity index (χ1n) is 5.18. The Kier molecular flexibility index (Phi) is 1.70. The molecule has 1 aromatic carbocycles.